The zero-order valence-corrected chi connectivity index (χ0v) is 13.4. The zero-order valence-electron chi connectivity index (χ0n) is 12.5. The minimum Gasteiger partial charge on any atom is -0.349 e. The molecule has 110 valence electrons. The number of hydrogen-bond donors (Lipinski definition) is 0. The summed E-state index contributed by atoms with van der Waals surface area (Å²) in [4.78, 5) is 9.64. The van der Waals surface area contributed by atoms with Crippen LogP contribution in [0.5, 0.6) is 0 Å². The van der Waals surface area contributed by atoms with Gasteiger partial charge in [-0.2, -0.15) is 5.10 Å². The Balaban J connectivity index is 1.50. The topological polar surface area (TPSA) is 36.7 Å². The highest BCUT2D eigenvalue weighted by atomic mass is 32.2. The Labute approximate surface area is 125 Å². The van der Waals surface area contributed by atoms with Gasteiger partial charge in [-0.1, -0.05) is 11.8 Å². The van der Waals surface area contributed by atoms with Gasteiger partial charge >= 0.3 is 0 Å². The van der Waals surface area contributed by atoms with Crippen LogP contribution in [0.1, 0.15) is 19.4 Å². The standard InChI is InChI=1S/C14H23N5S/c1-14(2)11-15-13(20-14)19-6-4-18(5-7-19)10-12-8-16-17(3)9-12/h8-9H,4-7,10-11H2,1-3H3. The fourth-order valence-corrected chi connectivity index (χ4v) is 3.71. The van der Waals surface area contributed by atoms with E-state index < -0.39 is 0 Å². The molecule has 0 aromatic carbocycles. The zero-order chi connectivity index (χ0) is 14.2. The van der Waals surface area contributed by atoms with E-state index in [4.69, 9.17) is 4.99 Å². The Hall–Kier alpha value is -1.01. The molecule has 1 aromatic rings. The van der Waals surface area contributed by atoms with E-state index in [2.05, 4.69) is 34.9 Å². The second-order valence-electron chi connectivity index (χ2n) is 6.25. The van der Waals surface area contributed by atoms with Crippen molar-refractivity contribution in [3.05, 3.63) is 18.0 Å². The molecule has 2 aliphatic heterocycles. The Morgan fingerprint density at radius 1 is 1.25 bits per heavy atom. The van der Waals surface area contributed by atoms with Crippen molar-refractivity contribution < 1.29 is 0 Å². The Kier molecular flexibility index (Phi) is 3.77. The summed E-state index contributed by atoms with van der Waals surface area (Å²) in [5.74, 6) is 0. The third kappa shape index (κ3) is 3.17. The third-order valence-corrected chi connectivity index (χ3v) is 5.02. The molecule has 20 heavy (non-hydrogen) atoms. The van der Waals surface area contributed by atoms with Gasteiger partial charge in [0.25, 0.3) is 0 Å². The molecule has 1 fully saturated rings. The minimum absolute atomic E-state index is 0.280. The molecule has 0 spiro atoms. The van der Waals surface area contributed by atoms with E-state index in [0.717, 1.165) is 39.3 Å². The largest absolute Gasteiger partial charge is 0.349 e. The van der Waals surface area contributed by atoms with E-state index >= 15 is 0 Å². The molecule has 0 unspecified atom stereocenters. The number of rotatable bonds is 2. The van der Waals surface area contributed by atoms with Crippen LogP contribution < -0.4 is 0 Å². The number of aliphatic imine (C=N–C) groups is 1. The van der Waals surface area contributed by atoms with Crippen LogP contribution >= 0.6 is 11.8 Å². The molecule has 3 heterocycles. The minimum atomic E-state index is 0.280. The van der Waals surface area contributed by atoms with Crippen LogP contribution in [0.4, 0.5) is 0 Å². The molecule has 2 aliphatic rings. The third-order valence-electron chi connectivity index (χ3n) is 3.77. The molecule has 0 aliphatic carbocycles. The predicted molar refractivity (Wildman–Crippen MR) is 84.0 cm³/mol. The van der Waals surface area contributed by atoms with Gasteiger partial charge in [-0.3, -0.25) is 14.6 Å². The maximum absolute atomic E-state index is 4.70. The maximum atomic E-state index is 4.70. The molecule has 0 atom stereocenters. The van der Waals surface area contributed by atoms with E-state index in [1.54, 1.807) is 0 Å². The van der Waals surface area contributed by atoms with Gasteiger partial charge in [-0.25, -0.2) is 0 Å². The first-order valence-corrected chi connectivity index (χ1v) is 8.02. The van der Waals surface area contributed by atoms with Gasteiger partial charge in [0.15, 0.2) is 5.17 Å². The first-order valence-electron chi connectivity index (χ1n) is 7.20. The molecule has 1 saturated heterocycles. The van der Waals surface area contributed by atoms with Gasteiger partial charge in [0.1, 0.15) is 0 Å². The van der Waals surface area contributed by atoms with Crippen molar-refractivity contribution in [1.82, 2.24) is 19.6 Å². The van der Waals surface area contributed by atoms with Gasteiger partial charge < -0.3 is 4.90 Å². The Morgan fingerprint density at radius 3 is 2.55 bits per heavy atom. The molecule has 0 amide bonds. The van der Waals surface area contributed by atoms with Crippen LogP contribution in [-0.2, 0) is 13.6 Å². The number of nitrogens with zero attached hydrogens (tertiary/aromatic N) is 5. The van der Waals surface area contributed by atoms with Crippen LogP contribution in [-0.4, -0.2) is 62.2 Å². The van der Waals surface area contributed by atoms with Crippen molar-refractivity contribution in [1.29, 1.82) is 0 Å². The van der Waals surface area contributed by atoms with Crippen molar-refractivity contribution in [2.75, 3.05) is 32.7 Å². The summed E-state index contributed by atoms with van der Waals surface area (Å²) in [7, 11) is 1.97. The van der Waals surface area contributed by atoms with Crippen molar-refractivity contribution in [2.45, 2.75) is 25.1 Å². The molecule has 5 nitrogen and oxygen atoms in total. The number of piperazine rings is 1. The number of aryl methyl sites for hydroxylation is 1. The second-order valence-corrected chi connectivity index (χ2v) is 7.92. The molecule has 0 saturated carbocycles. The lowest BCUT2D eigenvalue weighted by Gasteiger charge is -2.35. The quantitative estimate of drug-likeness (QED) is 0.826. The highest BCUT2D eigenvalue weighted by Crippen LogP contribution is 2.33. The predicted octanol–water partition coefficient (Wildman–Crippen LogP) is 1.42. The van der Waals surface area contributed by atoms with Crippen molar-refractivity contribution in [2.24, 2.45) is 12.0 Å². The fourth-order valence-electron chi connectivity index (χ4n) is 2.64. The number of amidine groups is 1. The van der Waals surface area contributed by atoms with E-state index in [1.807, 2.05) is 29.7 Å². The monoisotopic (exact) mass is 293 g/mol. The molecule has 3 rings (SSSR count). The molecule has 0 radical (unpaired) electrons. The van der Waals surface area contributed by atoms with Crippen LogP contribution in [0.15, 0.2) is 17.4 Å². The van der Waals surface area contributed by atoms with Gasteiger partial charge in [0, 0.05) is 56.3 Å². The van der Waals surface area contributed by atoms with Crippen molar-refractivity contribution in [3.8, 4) is 0 Å². The SMILES string of the molecule is Cn1cc(CN2CCN(C3=NCC(C)(C)S3)CC2)cn1. The molecule has 1 aromatic heterocycles. The Bertz CT molecular complexity index is 499. The maximum Gasteiger partial charge on any atom is 0.159 e. The van der Waals surface area contributed by atoms with E-state index in [-0.39, 0.29) is 4.75 Å². The Morgan fingerprint density at radius 2 is 2.00 bits per heavy atom. The van der Waals surface area contributed by atoms with Crippen LogP contribution in [0.2, 0.25) is 0 Å². The van der Waals surface area contributed by atoms with Crippen LogP contribution in [0, 0.1) is 0 Å². The average Bonchev–Trinajstić information content (AvgIpc) is 2.96. The summed E-state index contributed by atoms with van der Waals surface area (Å²) >= 11 is 1.93. The summed E-state index contributed by atoms with van der Waals surface area (Å²) in [5.41, 5.74) is 1.30. The molecular weight excluding hydrogens is 270 g/mol. The lowest BCUT2D eigenvalue weighted by atomic mass is 10.2. The first-order chi connectivity index (χ1) is 9.52. The highest BCUT2D eigenvalue weighted by molar-refractivity contribution is 8.15. The van der Waals surface area contributed by atoms with Gasteiger partial charge in [0.2, 0.25) is 0 Å². The summed E-state index contributed by atoms with van der Waals surface area (Å²) in [6.07, 6.45) is 4.07. The normalized spacial score (nSPS) is 23.1. The second kappa shape index (κ2) is 5.41. The smallest absolute Gasteiger partial charge is 0.159 e. The molecule has 6 heteroatoms. The average molecular weight is 293 g/mol. The van der Waals surface area contributed by atoms with Crippen LogP contribution in [0.25, 0.3) is 0 Å². The summed E-state index contributed by atoms with van der Waals surface area (Å²) in [6.45, 7) is 10.9. The van der Waals surface area contributed by atoms with E-state index in [0.29, 0.717) is 0 Å². The molecule has 0 N–H and O–H groups in total. The molecular formula is C14H23N5S. The summed E-state index contributed by atoms with van der Waals surface area (Å²) in [5, 5.41) is 5.48. The number of hydrogen-bond acceptors (Lipinski definition) is 5. The lowest BCUT2D eigenvalue weighted by Crippen LogP contribution is -2.47. The lowest BCUT2D eigenvalue weighted by molar-refractivity contribution is 0.177. The number of thioether (sulfide) groups is 1. The van der Waals surface area contributed by atoms with Crippen molar-refractivity contribution in [3.63, 3.8) is 0 Å². The number of aromatic nitrogens is 2. The van der Waals surface area contributed by atoms with E-state index in [9.17, 15) is 0 Å². The summed E-state index contributed by atoms with van der Waals surface area (Å²) in [6, 6.07) is 0. The van der Waals surface area contributed by atoms with Gasteiger partial charge in [0.05, 0.1) is 12.7 Å². The van der Waals surface area contributed by atoms with E-state index in [1.165, 1.54) is 10.7 Å². The fraction of sp³-hybridized carbons (Fsp3) is 0.714. The van der Waals surface area contributed by atoms with Gasteiger partial charge in [-0.15, -0.1) is 0 Å². The first kappa shape index (κ1) is 13.9. The summed E-state index contributed by atoms with van der Waals surface area (Å²) < 4.78 is 2.15. The molecule has 0 bridgehead atoms. The van der Waals surface area contributed by atoms with Crippen molar-refractivity contribution >= 4 is 16.9 Å². The highest BCUT2D eigenvalue weighted by Gasteiger charge is 2.31. The van der Waals surface area contributed by atoms with Gasteiger partial charge in [-0.05, 0) is 13.8 Å². The van der Waals surface area contributed by atoms with Crippen LogP contribution in [0.3, 0.4) is 0 Å².